The van der Waals surface area contributed by atoms with Gasteiger partial charge in [-0.15, -0.1) is 27.8 Å². The molecule has 3 aromatic heterocycles. The minimum atomic E-state index is -0.340. The number of nitrogens with zero attached hydrogens (tertiary/aromatic N) is 3. The zero-order chi connectivity index (χ0) is 17.9. The van der Waals surface area contributed by atoms with E-state index in [1.54, 1.807) is 34.1 Å². The van der Waals surface area contributed by atoms with Crippen molar-refractivity contribution < 1.29 is 9.18 Å². The highest BCUT2D eigenvalue weighted by molar-refractivity contribution is 7.15. The first-order valence-electron chi connectivity index (χ1n) is 8.08. The molecule has 0 aliphatic rings. The van der Waals surface area contributed by atoms with Gasteiger partial charge in [0, 0.05) is 23.2 Å². The van der Waals surface area contributed by atoms with E-state index >= 15 is 0 Å². The van der Waals surface area contributed by atoms with E-state index in [2.05, 4.69) is 15.4 Å². The number of carbonyl (C=O) groups is 1. The van der Waals surface area contributed by atoms with E-state index < -0.39 is 0 Å². The molecule has 132 valence electrons. The first-order chi connectivity index (χ1) is 12.7. The predicted octanol–water partition coefficient (Wildman–Crippen LogP) is 3.56. The zero-order valence-electron chi connectivity index (χ0n) is 13.7. The third-order valence-electron chi connectivity index (χ3n) is 3.88. The zero-order valence-corrected chi connectivity index (χ0v) is 15.3. The Morgan fingerprint density at radius 2 is 2.08 bits per heavy atom. The highest BCUT2D eigenvalue weighted by Crippen LogP contribution is 2.23. The molecule has 4 aromatic rings. The van der Waals surface area contributed by atoms with Crippen LogP contribution in [0.15, 0.2) is 47.2 Å². The summed E-state index contributed by atoms with van der Waals surface area (Å²) >= 11 is 3.03. The van der Waals surface area contributed by atoms with E-state index in [4.69, 9.17) is 0 Å². The van der Waals surface area contributed by atoms with Gasteiger partial charge in [0.15, 0.2) is 5.82 Å². The van der Waals surface area contributed by atoms with E-state index in [0.717, 1.165) is 10.6 Å². The number of thiazole rings is 1. The number of aromatic nitrogens is 3. The van der Waals surface area contributed by atoms with Crippen molar-refractivity contribution in [3.8, 4) is 11.4 Å². The standard InChI is InChI=1S/C18H15FN4OS2/c19-15-6-2-1-5-14(15)17-21-18-23(22-17)12(11-26-18)7-8-20-16(24)10-13-4-3-9-25-13/h1-6,9,11H,7-8,10H2,(H,20,24). The molecule has 0 atom stereocenters. The Hall–Kier alpha value is -2.58. The van der Waals surface area contributed by atoms with Crippen LogP contribution < -0.4 is 5.32 Å². The third kappa shape index (κ3) is 3.51. The fraction of sp³-hybridized carbons (Fsp3) is 0.167. The van der Waals surface area contributed by atoms with Gasteiger partial charge in [-0.25, -0.2) is 8.91 Å². The first kappa shape index (κ1) is 16.9. The lowest BCUT2D eigenvalue weighted by Crippen LogP contribution is -2.27. The van der Waals surface area contributed by atoms with Crippen LogP contribution in [0.2, 0.25) is 0 Å². The number of rotatable bonds is 6. The predicted molar refractivity (Wildman–Crippen MR) is 101 cm³/mol. The molecule has 0 aliphatic carbocycles. The molecular weight excluding hydrogens is 371 g/mol. The molecule has 1 N–H and O–H groups in total. The molecule has 0 spiro atoms. The lowest BCUT2D eigenvalue weighted by molar-refractivity contribution is -0.120. The monoisotopic (exact) mass is 386 g/mol. The van der Waals surface area contributed by atoms with Gasteiger partial charge in [-0.05, 0) is 23.6 Å². The Bertz CT molecular complexity index is 1040. The summed E-state index contributed by atoms with van der Waals surface area (Å²) in [4.78, 5) is 18.1. The van der Waals surface area contributed by atoms with Crippen molar-refractivity contribution in [1.82, 2.24) is 19.9 Å². The molecule has 26 heavy (non-hydrogen) atoms. The van der Waals surface area contributed by atoms with Crippen molar-refractivity contribution >= 4 is 33.5 Å². The number of carbonyl (C=O) groups excluding carboxylic acids is 1. The summed E-state index contributed by atoms with van der Waals surface area (Å²) < 4.78 is 15.6. The molecule has 0 saturated carbocycles. The van der Waals surface area contributed by atoms with Crippen LogP contribution >= 0.6 is 22.7 Å². The number of fused-ring (bicyclic) bond motifs is 1. The first-order valence-corrected chi connectivity index (χ1v) is 9.84. The normalized spacial score (nSPS) is 11.1. The van der Waals surface area contributed by atoms with Crippen LogP contribution in [0.25, 0.3) is 16.3 Å². The largest absolute Gasteiger partial charge is 0.355 e. The van der Waals surface area contributed by atoms with E-state index in [0.29, 0.717) is 35.7 Å². The fourth-order valence-corrected chi connectivity index (χ4v) is 4.18. The second-order valence-electron chi connectivity index (χ2n) is 5.69. The van der Waals surface area contributed by atoms with Gasteiger partial charge < -0.3 is 5.32 Å². The number of thiophene rings is 1. The van der Waals surface area contributed by atoms with Crippen molar-refractivity contribution in [2.45, 2.75) is 12.8 Å². The van der Waals surface area contributed by atoms with E-state index in [1.165, 1.54) is 17.4 Å². The molecule has 8 heteroatoms. The molecule has 3 heterocycles. The topological polar surface area (TPSA) is 59.3 Å². The maximum Gasteiger partial charge on any atom is 0.225 e. The van der Waals surface area contributed by atoms with Gasteiger partial charge in [0.2, 0.25) is 10.9 Å². The second-order valence-corrected chi connectivity index (χ2v) is 7.56. The van der Waals surface area contributed by atoms with Gasteiger partial charge in [-0.1, -0.05) is 18.2 Å². The quantitative estimate of drug-likeness (QED) is 0.551. The van der Waals surface area contributed by atoms with Crippen molar-refractivity contribution in [2.75, 3.05) is 6.54 Å². The molecule has 0 unspecified atom stereocenters. The summed E-state index contributed by atoms with van der Waals surface area (Å²) in [5.74, 6) is 0.0376. The van der Waals surface area contributed by atoms with Gasteiger partial charge in [-0.3, -0.25) is 4.79 Å². The summed E-state index contributed by atoms with van der Waals surface area (Å²) in [6.07, 6.45) is 1.04. The SMILES string of the molecule is O=C(Cc1cccs1)NCCc1csc2nc(-c3ccccc3F)nn12. The minimum Gasteiger partial charge on any atom is -0.355 e. The van der Waals surface area contributed by atoms with Gasteiger partial charge in [0.1, 0.15) is 5.82 Å². The minimum absolute atomic E-state index is 0.00422. The smallest absolute Gasteiger partial charge is 0.225 e. The van der Waals surface area contributed by atoms with E-state index in [-0.39, 0.29) is 11.7 Å². The Morgan fingerprint density at radius 1 is 1.19 bits per heavy atom. The average molecular weight is 386 g/mol. The molecule has 0 saturated heterocycles. The summed E-state index contributed by atoms with van der Waals surface area (Å²) in [5, 5.41) is 11.3. The van der Waals surface area contributed by atoms with Crippen LogP contribution in [-0.2, 0) is 17.6 Å². The fourth-order valence-electron chi connectivity index (χ4n) is 2.62. The van der Waals surface area contributed by atoms with Crippen molar-refractivity contribution in [1.29, 1.82) is 0 Å². The molecule has 0 aliphatic heterocycles. The maximum absolute atomic E-state index is 13.9. The number of hydrogen-bond acceptors (Lipinski definition) is 5. The Kier molecular flexibility index (Phi) is 4.77. The van der Waals surface area contributed by atoms with Crippen molar-refractivity contribution in [2.24, 2.45) is 0 Å². The van der Waals surface area contributed by atoms with Crippen LogP contribution in [0, 0.1) is 5.82 Å². The molecular formula is C18H15FN4OS2. The number of nitrogens with one attached hydrogen (secondary N) is 1. The van der Waals surface area contributed by atoms with E-state index in [9.17, 15) is 9.18 Å². The Morgan fingerprint density at radius 3 is 2.88 bits per heavy atom. The van der Waals surface area contributed by atoms with Gasteiger partial charge >= 0.3 is 0 Å². The number of hydrogen-bond donors (Lipinski definition) is 1. The Balaban J connectivity index is 1.43. The van der Waals surface area contributed by atoms with Crippen molar-refractivity contribution in [3.63, 3.8) is 0 Å². The van der Waals surface area contributed by atoms with Gasteiger partial charge in [0.25, 0.3) is 0 Å². The maximum atomic E-state index is 13.9. The van der Waals surface area contributed by atoms with E-state index in [1.807, 2.05) is 22.9 Å². The second kappa shape index (κ2) is 7.35. The summed E-state index contributed by atoms with van der Waals surface area (Å²) in [6.45, 7) is 0.519. The highest BCUT2D eigenvalue weighted by Gasteiger charge is 2.14. The number of halogens is 1. The number of amides is 1. The molecule has 0 bridgehead atoms. The number of benzene rings is 1. The summed E-state index contributed by atoms with van der Waals surface area (Å²) in [6, 6.07) is 10.4. The molecule has 1 aromatic carbocycles. The van der Waals surface area contributed by atoms with Gasteiger partial charge in [-0.2, -0.15) is 4.98 Å². The summed E-state index contributed by atoms with van der Waals surface area (Å²) in [7, 11) is 0. The lowest BCUT2D eigenvalue weighted by atomic mass is 10.2. The molecule has 4 rings (SSSR count). The van der Waals surface area contributed by atoms with Crippen LogP contribution in [0.5, 0.6) is 0 Å². The molecule has 1 amide bonds. The molecule has 5 nitrogen and oxygen atoms in total. The molecule has 0 radical (unpaired) electrons. The molecule has 0 fully saturated rings. The van der Waals surface area contributed by atoms with Crippen molar-refractivity contribution in [3.05, 3.63) is 63.5 Å². The highest BCUT2D eigenvalue weighted by atomic mass is 32.1. The van der Waals surface area contributed by atoms with Crippen LogP contribution in [0.3, 0.4) is 0 Å². The third-order valence-corrected chi connectivity index (χ3v) is 5.62. The average Bonchev–Trinajstić information content (AvgIpc) is 3.34. The van der Waals surface area contributed by atoms with Gasteiger partial charge in [0.05, 0.1) is 17.7 Å². The lowest BCUT2D eigenvalue weighted by Gasteiger charge is -2.03. The van der Waals surface area contributed by atoms with Crippen LogP contribution in [0.4, 0.5) is 4.39 Å². The van der Waals surface area contributed by atoms with Crippen LogP contribution in [0.1, 0.15) is 10.6 Å². The summed E-state index contributed by atoms with van der Waals surface area (Å²) in [5.41, 5.74) is 1.33. The Labute approximate surface area is 157 Å². The van der Waals surface area contributed by atoms with Crippen LogP contribution in [-0.4, -0.2) is 27.0 Å².